The molecule has 0 aromatic heterocycles. The molecule has 0 saturated carbocycles. The Morgan fingerprint density at radius 1 is 1.03 bits per heavy atom. The first-order chi connectivity index (χ1) is 15.6. The zero-order chi connectivity index (χ0) is 22.2. The average Bonchev–Trinajstić information content (AvgIpc) is 3.29. The number of carbonyl (C=O) groups is 1. The molecule has 0 radical (unpaired) electrons. The molecule has 2 atom stereocenters. The van der Waals surface area contributed by atoms with Crippen LogP contribution in [0, 0.1) is 0 Å². The maximum absolute atomic E-state index is 13.4. The number of ketones is 1. The first-order valence-electron chi connectivity index (χ1n) is 10.2. The number of nitrogens with zero attached hydrogens (tertiary/aromatic N) is 2. The molecular weight excluding hydrogens is 428 g/mol. The van der Waals surface area contributed by atoms with Crippen LogP contribution in [-0.4, -0.2) is 37.0 Å². The number of Topliss-reactive ketones (excluding diaryl/α,β-unsaturated/α-hetero) is 1. The molecule has 6 nitrogen and oxygen atoms in total. The molecule has 5 rings (SSSR count). The van der Waals surface area contributed by atoms with Gasteiger partial charge >= 0.3 is 0 Å². The lowest BCUT2D eigenvalue weighted by Gasteiger charge is -2.37. The molecule has 2 aliphatic heterocycles. The topological polar surface area (TPSA) is 60.4 Å². The Kier molecular flexibility index (Phi) is 5.23. The van der Waals surface area contributed by atoms with Gasteiger partial charge < -0.3 is 14.2 Å². The maximum Gasteiger partial charge on any atom is 0.251 e. The van der Waals surface area contributed by atoms with Crippen LogP contribution in [0.1, 0.15) is 33.9 Å². The SMILES string of the molecule is COc1ccc(C2=NN3[C@H](C(=O)c4ccc(Cl)cc4)Oc4ccccc4[C@@H]3C2)cc1OC. The van der Waals surface area contributed by atoms with Crippen LogP contribution in [0.2, 0.25) is 5.02 Å². The van der Waals surface area contributed by atoms with Crippen molar-refractivity contribution in [3.63, 3.8) is 0 Å². The minimum Gasteiger partial charge on any atom is -0.493 e. The van der Waals surface area contributed by atoms with E-state index in [0.717, 1.165) is 16.8 Å². The van der Waals surface area contributed by atoms with E-state index in [1.54, 1.807) is 43.5 Å². The number of halogens is 1. The summed E-state index contributed by atoms with van der Waals surface area (Å²) in [6, 6.07) is 20.2. The molecule has 0 amide bonds. The summed E-state index contributed by atoms with van der Waals surface area (Å²) in [5.41, 5.74) is 3.29. The van der Waals surface area contributed by atoms with E-state index in [9.17, 15) is 4.79 Å². The number of ether oxygens (including phenoxy) is 3. The normalized spacial score (nSPS) is 18.8. The van der Waals surface area contributed by atoms with Gasteiger partial charge in [0.2, 0.25) is 5.78 Å². The summed E-state index contributed by atoms with van der Waals surface area (Å²) in [4.78, 5) is 13.4. The van der Waals surface area contributed by atoms with Crippen LogP contribution >= 0.6 is 11.6 Å². The number of rotatable bonds is 5. The summed E-state index contributed by atoms with van der Waals surface area (Å²) < 4.78 is 17.0. The van der Waals surface area contributed by atoms with Crippen molar-refractivity contribution >= 4 is 23.1 Å². The highest BCUT2D eigenvalue weighted by atomic mass is 35.5. The molecule has 3 aromatic rings. The molecule has 0 bridgehead atoms. The maximum atomic E-state index is 13.4. The Bertz CT molecular complexity index is 1210. The Morgan fingerprint density at radius 3 is 2.53 bits per heavy atom. The van der Waals surface area contributed by atoms with Crippen LogP contribution in [0.25, 0.3) is 0 Å². The highest BCUT2D eigenvalue weighted by Gasteiger charge is 2.43. The van der Waals surface area contributed by atoms with Gasteiger partial charge in [-0.05, 0) is 48.5 Å². The molecule has 0 fully saturated rings. The Morgan fingerprint density at radius 2 is 1.78 bits per heavy atom. The second-order valence-electron chi connectivity index (χ2n) is 7.60. The summed E-state index contributed by atoms with van der Waals surface area (Å²) in [6.07, 6.45) is -0.228. The molecule has 0 spiro atoms. The number of benzene rings is 3. The third kappa shape index (κ3) is 3.46. The fraction of sp³-hybridized carbons (Fsp3) is 0.200. The molecule has 0 unspecified atom stereocenters. The molecule has 32 heavy (non-hydrogen) atoms. The minimum atomic E-state index is -0.867. The van der Waals surface area contributed by atoms with Crippen molar-refractivity contribution in [2.45, 2.75) is 18.7 Å². The van der Waals surface area contributed by atoms with Gasteiger partial charge in [-0.1, -0.05) is 29.8 Å². The van der Waals surface area contributed by atoms with E-state index in [1.165, 1.54) is 0 Å². The molecule has 3 aromatic carbocycles. The molecule has 7 heteroatoms. The van der Waals surface area contributed by atoms with Crippen molar-refractivity contribution in [3.05, 3.63) is 88.4 Å². The standard InChI is InChI=1S/C25H21ClN2O4/c1-30-22-12-9-16(13-23(22)31-2)19-14-20-18-5-3-4-6-21(18)32-25(28(20)27-19)24(29)15-7-10-17(26)11-8-15/h3-13,20,25H,14H2,1-2H3/t20-,25-/m0/s1. The third-order valence-corrected chi connectivity index (χ3v) is 6.02. The zero-order valence-corrected chi connectivity index (χ0v) is 18.4. The molecule has 2 aliphatic rings. The van der Waals surface area contributed by atoms with Crippen molar-refractivity contribution in [3.8, 4) is 17.2 Å². The van der Waals surface area contributed by atoms with Gasteiger partial charge in [-0.15, -0.1) is 0 Å². The smallest absolute Gasteiger partial charge is 0.251 e. The molecule has 0 saturated heterocycles. The number of fused-ring (bicyclic) bond motifs is 3. The van der Waals surface area contributed by atoms with Crippen molar-refractivity contribution in [2.75, 3.05) is 14.2 Å². The van der Waals surface area contributed by atoms with Crippen molar-refractivity contribution in [1.82, 2.24) is 5.01 Å². The molecule has 0 aliphatic carbocycles. The fourth-order valence-electron chi connectivity index (χ4n) is 4.15. The number of hydrazone groups is 1. The highest BCUT2D eigenvalue weighted by Crippen LogP contribution is 2.44. The number of carbonyl (C=O) groups excluding carboxylic acids is 1. The van der Waals surface area contributed by atoms with Gasteiger partial charge in [0.05, 0.1) is 26.0 Å². The lowest BCUT2D eigenvalue weighted by Crippen LogP contribution is -2.45. The van der Waals surface area contributed by atoms with E-state index < -0.39 is 6.23 Å². The van der Waals surface area contributed by atoms with E-state index in [0.29, 0.717) is 34.3 Å². The summed E-state index contributed by atoms with van der Waals surface area (Å²) in [6.45, 7) is 0. The third-order valence-electron chi connectivity index (χ3n) is 5.77. The van der Waals surface area contributed by atoms with Gasteiger partial charge in [0.25, 0.3) is 6.23 Å². The van der Waals surface area contributed by atoms with Crippen molar-refractivity contribution in [2.24, 2.45) is 5.10 Å². The molecule has 162 valence electrons. The highest BCUT2D eigenvalue weighted by molar-refractivity contribution is 6.30. The van der Waals surface area contributed by atoms with E-state index >= 15 is 0 Å². The van der Waals surface area contributed by atoms with Gasteiger partial charge in [-0.25, -0.2) is 5.01 Å². The largest absolute Gasteiger partial charge is 0.493 e. The van der Waals surface area contributed by atoms with Crippen LogP contribution in [0.4, 0.5) is 0 Å². The fourth-order valence-corrected chi connectivity index (χ4v) is 4.28. The first-order valence-corrected chi connectivity index (χ1v) is 10.6. The number of methoxy groups -OCH3 is 2. The van der Waals surface area contributed by atoms with Gasteiger partial charge in [-0.3, -0.25) is 4.79 Å². The van der Waals surface area contributed by atoms with Gasteiger partial charge in [0.15, 0.2) is 11.5 Å². The summed E-state index contributed by atoms with van der Waals surface area (Å²) in [5, 5.41) is 7.18. The first kappa shape index (κ1) is 20.4. The van der Waals surface area contributed by atoms with Crippen LogP contribution in [0.3, 0.4) is 0 Å². The predicted octanol–water partition coefficient (Wildman–Crippen LogP) is 5.11. The lowest BCUT2D eigenvalue weighted by molar-refractivity contribution is -0.00455. The lowest BCUT2D eigenvalue weighted by atomic mass is 9.95. The van der Waals surface area contributed by atoms with E-state index in [2.05, 4.69) is 0 Å². The van der Waals surface area contributed by atoms with E-state index in [1.807, 2.05) is 42.5 Å². The number of para-hydroxylation sites is 1. The average molecular weight is 449 g/mol. The van der Waals surface area contributed by atoms with Crippen LogP contribution in [-0.2, 0) is 0 Å². The van der Waals surface area contributed by atoms with Crippen LogP contribution in [0.5, 0.6) is 17.2 Å². The summed E-state index contributed by atoms with van der Waals surface area (Å²) in [7, 11) is 3.21. The molecule has 0 N–H and O–H groups in total. The van der Waals surface area contributed by atoms with Crippen molar-refractivity contribution < 1.29 is 19.0 Å². The van der Waals surface area contributed by atoms with Gasteiger partial charge in [0.1, 0.15) is 5.75 Å². The minimum absolute atomic E-state index is 0.107. The Labute approximate surface area is 191 Å². The zero-order valence-electron chi connectivity index (χ0n) is 17.6. The van der Waals surface area contributed by atoms with Crippen molar-refractivity contribution in [1.29, 1.82) is 0 Å². The second kappa shape index (κ2) is 8.20. The Balaban J connectivity index is 1.55. The number of hydrogen-bond donors (Lipinski definition) is 0. The summed E-state index contributed by atoms with van der Waals surface area (Å²) in [5.74, 6) is 1.81. The number of hydrogen-bond acceptors (Lipinski definition) is 6. The monoisotopic (exact) mass is 448 g/mol. The van der Waals surface area contributed by atoms with Gasteiger partial charge in [-0.2, -0.15) is 5.10 Å². The van der Waals surface area contributed by atoms with E-state index in [-0.39, 0.29) is 11.8 Å². The van der Waals surface area contributed by atoms with Gasteiger partial charge in [0, 0.05) is 28.1 Å². The molecular formula is C25H21ClN2O4. The molecule has 2 heterocycles. The summed E-state index contributed by atoms with van der Waals surface area (Å²) >= 11 is 6.00. The Hall–Kier alpha value is -3.51. The van der Waals surface area contributed by atoms with Crippen LogP contribution in [0.15, 0.2) is 71.8 Å². The van der Waals surface area contributed by atoms with Crippen LogP contribution < -0.4 is 14.2 Å². The second-order valence-corrected chi connectivity index (χ2v) is 8.03. The predicted molar refractivity (Wildman–Crippen MR) is 122 cm³/mol. The quantitative estimate of drug-likeness (QED) is 0.507. The van der Waals surface area contributed by atoms with E-state index in [4.69, 9.17) is 30.9 Å².